The van der Waals surface area contributed by atoms with Crippen LogP contribution in [0.1, 0.15) is 55.1 Å². The Morgan fingerprint density at radius 2 is 2.11 bits per heavy atom. The van der Waals surface area contributed by atoms with Crippen molar-refractivity contribution in [3.05, 3.63) is 15.6 Å². The predicted octanol–water partition coefficient (Wildman–Crippen LogP) is 3.99. The molecule has 2 rings (SSSR count). The lowest BCUT2D eigenvalue weighted by atomic mass is 10.3. The van der Waals surface area contributed by atoms with Crippen LogP contribution in [0.4, 0.5) is 0 Å². The van der Waals surface area contributed by atoms with Gasteiger partial charge in [-0.2, -0.15) is 11.8 Å². The van der Waals surface area contributed by atoms with Crippen molar-refractivity contribution < 1.29 is 0 Å². The molecular weight excluding hydrogens is 260 g/mol. The molecule has 0 atom stereocenters. The van der Waals surface area contributed by atoms with Gasteiger partial charge in [-0.15, -0.1) is 11.3 Å². The first-order valence-corrected chi connectivity index (χ1v) is 8.99. The molecule has 0 unspecified atom stereocenters. The van der Waals surface area contributed by atoms with E-state index in [1.165, 1.54) is 41.3 Å². The summed E-state index contributed by atoms with van der Waals surface area (Å²) in [7, 11) is 0. The summed E-state index contributed by atoms with van der Waals surface area (Å²) in [5, 5.41) is 5.64. The number of aromatic nitrogens is 1. The van der Waals surface area contributed by atoms with Crippen LogP contribution < -0.4 is 5.32 Å². The molecule has 1 fully saturated rings. The molecule has 1 aliphatic carbocycles. The van der Waals surface area contributed by atoms with Crippen molar-refractivity contribution in [3.63, 3.8) is 0 Å². The molecule has 0 aliphatic heterocycles. The summed E-state index contributed by atoms with van der Waals surface area (Å²) in [6.45, 7) is 6.39. The molecule has 0 spiro atoms. The average molecular weight is 284 g/mol. The van der Waals surface area contributed by atoms with Crippen LogP contribution in [0.25, 0.3) is 0 Å². The van der Waals surface area contributed by atoms with Gasteiger partial charge in [-0.1, -0.05) is 26.7 Å². The number of rotatable bonds is 7. The quantitative estimate of drug-likeness (QED) is 0.819. The van der Waals surface area contributed by atoms with Crippen molar-refractivity contribution in [2.75, 3.05) is 6.54 Å². The lowest BCUT2D eigenvalue weighted by molar-refractivity contribution is 0.727. The minimum Gasteiger partial charge on any atom is -0.312 e. The molecule has 102 valence electrons. The van der Waals surface area contributed by atoms with Gasteiger partial charge in [0.1, 0.15) is 5.01 Å². The number of nitrogens with zero attached hydrogens (tertiary/aromatic N) is 1. The van der Waals surface area contributed by atoms with Gasteiger partial charge in [-0.05, 0) is 25.8 Å². The van der Waals surface area contributed by atoms with Crippen LogP contribution in [0.2, 0.25) is 0 Å². The Labute approximate surface area is 119 Å². The van der Waals surface area contributed by atoms with Crippen LogP contribution in [0.15, 0.2) is 0 Å². The van der Waals surface area contributed by atoms with Crippen molar-refractivity contribution in [3.8, 4) is 0 Å². The van der Waals surface area contributed by atoms with Gasteiger partial charge in [0, 0.05) is 22.4 Å². The Kier molecular flexibility index (Phi) is 5.99. The van der Waals surface area contributed by atoms with Gasteiger partial charge in [0.25, 0.3) is 0 Å². The van der Waals surface area contributed by atoms with E-state index >= 15 is 0 Å². The summed E-state index contributed by atoms with van der Waals surface area (Å²) in [5.74, 6) is 1.12. The van der Waals surface area contributed by atoms with Gasteiger partial charge >= 0.3 is 0 Å². The monoisotopic (exact) mass is 284 g/mol. The molecule has 1 aromatic rings. The first kappa shape index (κ1) is 14.4. The third kappa shape index (κ3) is 3.97. The van der Waals surface area contributed by atoms with E-state index in [4.69, 9.17) is 4.98 Å². The topological polar surface area (TPSA) is 24.9 Å². The minimum atomic E-state index is 0.899. The van der Waals surface area contributed by atoms with Crippen molar-refractivity contribution in [2.45, 2.75) is 63.5 Å². The molecule has 1 heterocycles. The third-order valence-corrected chi connectivity index (χ3v) is 6.10. The first-order chi connectivity index (χ1) is 8.83. The molecule has 18 heavy (non-hydrogen) atoms. The fourth-order valence-electron chi connectivity index (χ4n) is 2.40. The number of thiazole rings is 1. The van der Waals surface area contributed by atoms with Gasteiger partial charge in [0.15, 0.2) is 0 Å². The summed E-state index contributed by atoms with van der Waals surface area (Å²) in [6, 6.07) is 0. The normalized spacial score (nSPS) is 16.6. The molecule has 1 saturated carbocycles. The zero-order valence-electron chi connectivity index (χ0n) is 11.5. The SMILES string of the molecule is CCNCc1sc(CSC2CCCC2)nc1CC. The van der Waals surface area contributed by atoms with E-state index in [1.807, 2.05) is 11.3 Å². The molecule has 0 saturated heterocycles. The molecule has 0 amide bonds. The van der Waals surface area contributed by atoms with Crippen LogP contribution in [-0.4, -0.2) is 16.8 Å². The Balaban J connectivity index is 1.89. The van der Waals surface area contributed by atoms with Crippen molar-refractivity contribution >= 4 is 23.1 Å². The van der Waals surface area contributed by atoms with Crippen molar-refractivity contribution in [2.24, 2.45) is 0 Å². The van der Waals surface area contributed by atoms with Crippen molar-refractivity contribution in [1.29, 1.82) is 0 Å². The molecule has 4 heteroatoms. The van der Waals surface area contributed by atoms with E-state index in [1.54, 1.807) is 0 Å². The lowest BCUT2D eigenvalue weighted by Crippen LogP contribution is -2.11. The fraction of sp³-hybridized carbons (Fsp3) is 0.786. The van der Waals surface area contributed by atoms with E-state index < -0.39 is 0 Å². The second-order valence-corrected chi connectivity index (χ2v) is 7.29. The van der Waals surface area contributed by atoms with E-state index in [-0.39, 0.29) is 0 Å². The van der Waals surface area contributed by atoms with E-state index in [9.17, 15) is 0 Å². The molecular formula is C14H24N2S2. The average Bonchev–Trinajstić information content (AvgIpc) is 3.03. The highest BCUT2D eigenvalue weighted by molar-refractivity contribution is 7.99. The van der Waals surface area contributed by atoms with Gasteiger partial charge in [0.05, 0.1) is 5.69 Å². The maximum Gasteiger partial charge on any atom is 0.103 e. The molecule has 0 bridgehead atoms. The number of nitrogens with one attached hydrogen (secondary N) is 1. The summed E-state index contributed by atoms with van der Waals surface area (Å²) < 4.78 is 0. The standard InChI is InChI=1S/C14H24N2S2/c1-3-12-13(9-15-4-2)18-14(16-12)10-17-11-7-5-6-8-11/h11,15H,3-10H2,1-2H3. The molecule has 1 N–H and O–H groups in total. The van der Waals surface area contributed by atoms with Gasteiger partial charge < -0.3 is 5.32 Å². The van der Waals surface area contributed by atoms with Crippen LogP contribution in [0.5, 0.6) is 0 Å². The lowest BCUT2D eigenvalue weighted by Gasteiger charge is -2.05. The number of hydrogen-bond donors (Lipinski definition) is 1. The summed E-state index contributed by atoms with van der Waals surface area (Å²) in [5.41, 5.74) is 1.31. The minimum absolute atomic E-state index is 0.899. The summed E-state index contributed by atoms with van der Waals surface area (Å²) in [6.07, 6.45) is 6.76. The summed E-state index contributed by atoms with van der Waals surface area (Å²) in [4.78, 5) is 6.25. The molecule has 1 aliphatic rings. The Hall–Kier alpha value is -0.0600. The van der Waals surface area contributed by atoms with Crippen LogP contribution in [0.3, 0.4) is 0 Å². The second kappa shape index (κ2) is 7.51. The first-order valence-electron chi connectivity index (χ1n) is 7.13. The molecule has 1 aromatic heterocycles. The predicted molar refractivity (Wildman–Crippen MR) is 82.4 cm³/mol. The largest absolute Gasteiger partial charge is 0.312 e. The number of aryl methyl sites for hydroxylation is 1. The van der Waals surface area contributed by atoms with Crippen LogP contribution >= 0.6 is 23.1 Å². The van der Waals surface area contributed by atoms with E-state index in [2.05, 4.69) is 30.9 Å². The van der Waals surface area contributed by atoms with Gasteiger partial charge in [-0.3, -0.25) is 0 Å². The second-order valence-electron chi connectivity index (χ2n) is 4.83. The van der Waals surface area contributed by atoms with Crippen LogP contribution in [-0.2, 0) is 18.7 Å². The van der Waals surface area contributed by atoms with Gasteiger partial charge in [0.2, 0.25) is 0 Å². The van der Waals surface area contributed by atoms with E-state index in [0.717, 1.165) is 30.5 Å². The van der Waals surface area contributed by atoms with Gasteiger partial charge in [-0.25, -0.2) is 4.98 Å². The zero-order chi connectivity index (χ0) is 12.8. The Morgan fingerprint density at radius 3 is 2.78 bits per heavy atom. The number of hydrogen-bond acceptors (Lipinski definition) is 4. The van der Waals surface area contributed by atoms with Crippen LogP contribution in [0, 0.1) is 0 Å². The Morgan fingerprint density at radius 1 is 1.33 bits per heavy atom. The third-order valence-electron chi connectivity index (χ3n) is 3.44. The summed E-state index contributed by atoms with van der Waals surface area (Å²) >= 11 is 4.03. The highest BCUT2D eigenvalue weighted by Crippen LogP contribution is 2.33. The maximum absolute atomic E-state index is 4.80. The molecule has 2 nitrogen and oxygen atoms in total. The molecule has 0 aromatic carbocycles. The Bertz CT molecular complexity index is 357. The van der Waals surface area contributed by atoms with E-state index in [0.29, 0.717) is 0 Å². The number of thioether (sulfide) groups is 1. The fourth-order valence-corrected chi connectivity index (χ4v) is 4.87. The van der Waals surface area contributed by atoms with Crippen molar-refractivity contribution in [1.82, 2.24) is 10.3 Å². The molecule has 0 radical (unpaired) electrons. The highest BCUT2D eigenvalue weighted by atomic mass is 32.2. The highest BCUT2D eigenvalue weighted by Gasteiger charge is 2.16. The smallest absolute Gasteiger partial charge is 0.103 e. The maximum atomic E-state index is 4.80. The zero-order valence-corrected chi connectivity index (χ0v) is 13.1.